The van der Waals surface area contributed by atoms with Gasteiger partial charge in [0, 0.05) is 6.54 Å². The molecule has 0 aliphatic heterocycles. The van der Waals surface area contributed by atoms with Crippen molar-refractivity contribution in [2.24, 2.45) is 17.4 Å². The van der Waals surface area contributed by atoms with Crippen molar-refractivity contribution in [1.29, 1.82) is 0 Å². The summed E-state index contributed by atoms with van der Waals surface area (Å²) in [5.41, 5.74) is 12.0. The quantitative estimate of drug-likeness (QED) is 0.769. The Hall–Kier alpha value is -1.42. The largest absolute Gasteiger partial charge is 0.369 e. The Morgan fingerprint density at radius 2 is 2.20 bits per heavy atom. The van der Waals surface area contributed by atoms with Crippen molar-refractivity contribution >= 4 is 5.91 Å². The second kappa shape index (κ2) is 4.89. The number of carbonyl (C=O) groups excluding carboxylic acids is 1. The van der Waals surface area contributed by atoms with Crippen LogP contribution in [0.4, 0.5) is 4.39 Å². The predicted molar refractivity (Wildman–Crippen MR) is 56.6 cm³/mol. The summed E-state index contributed by atoms with van der Waals surface area (Å²) in [6.07, 6.45) is 0.263. The van der Waals surface area contributed by atoms with E-state index in [4.69, 9.17) is 11.5 Å². The molecule has 4 N–H and O–H groups in total. The summed E-state index contributed by atoms with van der Waals surface area (Å²) in [5, 5.41) is 0. The van der Waals surface area contributed by atoms with Gasteiger partial charge in [-0.1, -0.05) is 17.7 Å². The summed E-state index contributed by atoms with van der Waals surface area (Å²) < 4.78 is 13.3. The fraction of sp³-hybridized carbons (Fsp3) is 0.364. The molecule has 82 valence electrons. The van der Waals surface area contributed by atoms with Crippen LogP contribution in [0.5, 0.6) is 0 Å². The Morgan fingerprint density at radius 3 is 2.73 bits per heavy atom. The van der Waals surface area contributed by atoms with Crippen LogP contribution in [0.15, 0.2) is 18.2 Å². The lowest BCUT2D eigenvalue weighted by molar-refractivity contribution is -0.121. The maximum absolute atomic E-state index is 13.3. The van der Waals surface area contributed by atoms with Gasteiger partial charge < -0.3 is 11.5 Å². The van der Waals surface area contributed by atoms with Gasteiger partial charge >= 0.3 is 0 Å². The van der Waals surface area contributed by atoms with Crippen LogP contribution in [0.1, 0.15) is 11.1 Å². The number of primary amides is 1. The van der Waals surface area contributed by atoms with E-state index in [1.54, 1.807) is 12.1 Å². The average molecular weight is 210 g/mol. The molecule has 1 atom stereocenters. The highest BCUT2D eigenvalue weighted by Crippen LogP contribution is 2.14. The van der Waals surface area contributed by atoms with Crippen LogP contribution >= 0.6 is 0 Å². The maximum atomic E-state index is 13.3. The predicted octanol–water partition coefficient (Wildman–Crippen LogP) is 0.737. The number of benzene rings is 1. The van der Waals surface area contributed by atoms with E-state index >= 15 is 0 Å². The SMILES string of the molecule is Cc1ccc(F)c(CC(CN)C(N)=O)c1. The first-order valence-corrected chi connectivity index (χ1v) is 4.79. The van der Waals surface area contributed by atoms with Gasteiger partial charge in [0.1, 0.15) is 5.82 Å². The highest BCUT2D eigenvalue weighted by molar-refractivity contribution is 5.77. The smallest absolute Gasteiger partial charge is 0.222 e. The molecule has 0 radical (unpaired) electrons. The highest BCUT2D eigenvalue weighted by Gasteiger charge is 2.16. The third-order valence-electron chi connectivity index (χ3n) is 2.35. The van der Waals surface area contributed by atoms with Crippen molar-refractivity contribution in [2.75, 3.05) is 6.54 Å². The minimum atomic E-state index is -0.499. The van der Waals surface area contributed by atoms with Gasteiger partial charge in [0.15, 0.2) is 0 Å². The zero-order chi connectivity index (χ0) is 11.4. The number of carbonyl (C=O) groups is 1. The van der Waals surface area contributed by atoms with E-state index in [9.17, 15) is 9.18 Å². The molecule has 0 aliphatic carbocycles. The molecule has 0 aliphatic rings. The van der Waals surface area contributed by atoms with Crippen LogP contribution in [0.2, 0.25) is 0 Å². The van der Waals surface area contributed by atoms with Crippen LogP contribution < -0.4 is 11.5 Å². The van der Waals surface area contributed by atoms with Crippen molar-refractivity contribution < 1.29 is 9.18 Å². The molecule has 0 spiro atoms. The van der Waals surface area contributed by atoms with E-state index in [1.165, 1.54) is 6.07 Å². The lowest BCUT2D eigenvalue weighted by atomic mass is 9.97. The summed E-state index contributed by atoms with van der Waals surface area (Å²) >= 11 is 0. The summed E-state index contributed by atoms with van der Waals surface area (Å²) in [6, 6.07) is 4.78. The molecule has 15 heavy (non-hydrogen) atoms. The number of hydrogen-bond acceptors (Lipinski definition) is 2. The molecule has 0 saturated heterocycles. The minimum absolute atomic E-state index is 0.142. The Kier molecular flexibility index (Phi) is 3.80. The Labute approximate surface area is 88.3 Å². The normalized spacial score (nSPS) is 12.5. The first-order chi connectivity index (χ1) is 7.04. The van der Waals surface area contributed by atoms with Crippen molar-refractivity contribution in [2.45, 2.75) is 13.3 Å². The Balaban J connectivity index is 2.87. The molecule has 0 bridgehead atoms. The van der Waals surface area contributed by atoms with Gasteiger partial charge in [-0.15, -0.1) is 0 Å². The van der Waals surface area contributed by atoms with Crippen LogP contribution in [0.3, 0.4) is 0 Å². The molecule has 0 heterocycles. The molecule has 3 nitrogen and oxygen atoms in total. The van der Waals surface area contributed by atoms with Crippen molar-refractivity contribution in [3.05, 3.63) is 35.1 Å². The third-order valence-corrected chi connectivity index (χ3v) is 2.35. The van der Waals surface area contributed by atoms with E-state index in [0.29, 0.717) is 5.56 Å². The zero-order valence-corrected chi connectivity index (χ0v) is 8.66. The number of rotatable bonds is 4. The molecule has 0 saturated carbocycles. The van der Waals surface area contributed by atoms with Crippen LogP contribution in [0.25, 0.3) is 0 Å². The van der Waals surface area contributed by atoms with E-state index < -0.39 is 11.8 Å². The maximum Gasteiger partial charge on any atom is 0.222 e. The monoisotopic (exact) mass is 210 g/mol. The Morgan fingerprint density at radius 1 is 1.53 bits per heavy atom. The first kappa shape index (κ1) is 11.7. The number of halogens is 1. The number of amides is 1. The third kappa shape index (κ3) is 3.02. The molecule has 1 unspecified atom stereocenters. The van der Waals surface area contributed by atoms with Crippen LogP contribution in [-0.4, -0.2) is 12.5 Å². The summed E-state index contributed by atoms with van der Waals surface area (Å²) in [5.74, 6) is -1.31. The van der Waals surface area contributed by atoms with Gasteiger partial charge in [-0.2, -0.15) is 0 Å². The van der Waals surface area contributed by atoms with Crippen molar-refractivity contribution in [1.82, 2.24) is 0 Å². The van der Waals surface area contributed by atoms with E-state index in [2.05, 4.69) is 0 Å². The van der Waals surface area contributed by atoms with Gasteiger partial charge in [-0.3, -0.25) is 4.79 Å². The molecule has 1 rings (SSSR count). The second-order valence-corrected chi connectivity index (χ2v) is 3.63. The summed E-state index contributed by atoms with van der Waals surface area (Å²) in [6.45, 7) is 2.01. The molecule has 0 fully saturated rings. The summed E-state index contributed by atoms with van der Waals surface area (Å²) in [7, 11) is 0. The molecule has 1 aromatic carbocycles. The van der Waals surface area contributed by atoms with Gasteiger partial charge in [-0.25, -0.2) is 4.39 Å². The lowest BCUT2D eigenvalue weighted by Gasteiger charge is -2.11. The fourth-order valence-corrected chi connectivity index (χ4v) is 1.43. The van der Waals surface area contributed by atoms with Crippen LogP contribution in [-0.2, 0) is 11.2 Å². The molecule has 0 aromatic heterocycles. The minimum Gasteiger partial charge on any atom is -0.369 e. The molecule has 1 aromatic rings. The second-order valence-electron chi connectivity index (χ2n) is 3.63. The lowest BCUT2D eigenvalue weighted by Crippen LogP contribution is -2.31. The molecule has 4 heteroatoms. The highest BCUT2D eigenvalue weighted by atomic mass is 19.1. The van der Waals surface area contributed by atoms with Gasteiger partial charge in [-0.05, 0) is 25.0 Å². The standard InChI is InChI=1S/C11H15FN2O/c1-7-2-3-10(12)8(4-7)5-9(6-13)11(14)15/h2-4,9H,5-6,13H2,1H3,(H2,14,15). The van der Waals surface area contributed by atoms with Crippen molar-refractivity contribution in [3.8, 4) is 0 Å². The molecular weight excluding hydrogens is 195 g/mol. The van der Waals surface area contributed by atoms with Crippen LogP contribution in [0, 0.1) is 18.7 Å². The fourth-order valence-electron chi connectivity index (χ4n) is 1.43. The molecule has 1 amide bonds. The average Bonchev–Trinajstić information content (AvgIpc) is 2.18. The van der Waals surface area contributed by atoms with E-state index in [-0.39, 0.29) is 18.8 Å². The van der Waals surface area contributed by atoms with Gasteiger partial charge in [0.2, 0.25) is 5.91 Å². The van der Waals surface area contributed by atoms with E-state index in [1.807, 2.05) is 6.92 Å². The summed E-state index contributed by atoms with van der Waals surface area (Å²) in [4.78, 5) is 11.0. The van der Waals surface area contributed by atoms with Crippen molar-refractivity contribution in [3.63, 3.8) is 0 Å². The number of aryl methyl sites for hydroxylation is 1. The zero-order valence-electron chi connectivity index (χ0n) is 8.66. The number of nitrogens with two attached hydrogens (primary N) is 2. The van der Waals surface area contributed by atoms with E-state index in [0.717, 1.165) is 5.56 Å². The number of hydrogen-bond donors (Lipinski definition) is 2. The Bertz CT molecular complexity index is 366. The van der Waals surface area contributed by atoms with Gasteiger partial charge in [0.25, 0.3) is 0 Å². The first-order valence-electron chi connectivity index (χ1n) is 4.79. The topological polar surface area (TPSA) is 69.1 Å². The molecular formula is C11H15FN2O. The van der Waals surface area contributed by atoms with Gasteiger partial charge in [0.05, 0.1) is 5.92 Å².